The van der Waals surface area contributed by atoms with Crippen LogP contribution in [-0.4, -0.2) is 97.3 Å². The number of ether oxygens (including phenoxy) is 1. The van der Waals surface area contributed by atoms with Crippen molar-refractivity contribution in [3.05, 3.63) is 16.6 Å². The van der Waals surface area contributed by atoms with Crippen LogP contribution in [0.3, 0.4) is 0 Å². The molecular formula is C15H20N8O5S. The molecule has 0 saturated carbocycles. The lowest BCUT2D eigenvalue weighted by molar-refractivity contribution is -0.134. The summed E-state index contributed by atoms with van der Waals surface area (Å²) in [6.45, 7) is 2.06. The molecule has 0 aliphatic carbocycles. The van der Waals surface area contributed by atoms with E-state index in [2.05, 4.69) is 20.5 Å². The normalized spacial score (nSPS) is 21.0. The highest BCUT2D eigenvalue weighted by Gasteiger charge is 2.38. The van der Waals surface area contributed by atoms with Gasteiger partial charge in [-0.15, -0.1) is 11.3 Å². The Kier molecular flexibility index (Phi) is 6.66. The Morgan fingerprint density at radius 2 is 2.14 bits per heavy atom. The molecule has 0 radical (unpaired) electrons. The molecule has 2 saturated heterocycles. The molecule has 0 aromatic carbocycles. The molecule has 2 amide bonds. The zero-order valence-corrected chi connectivity index (χ0v) is 16.1. The first kappa shape index (κ1) is 20.6. The minimum atomic E-state index is -0.250. The number of carbonyl (C=O) groups excluding carboxylic acids is 2. The second-order valence-corrected chi connectivity index (χ2v) is 7.21. The fourth-order valence-corrected chi connectivity index (χ4v) is 3.86. The standard InChI is InChI=1S/C14H18N8O3S.CH2O2/c15-14-17-18-19-22(14)4-12(23)21-2-9-1-20(3-10(21)6-25-5-9)13(24)11-7-26-8-16-11;2-1-3/h7-10H,1-6H2,(H2,15,17,19);1H,(H,2,3)/t9-,10-;/m0./s1. The number of rotatable bonds is 3. The number of anilines is 1. The van der Waals surface area contributed by atoms with Crippen LogP contribution in [0.1, 0.15) is 10.5 Å². The number of hydrogen-bond donors (Lipinski definition) is 2. The zero-order chi connectivity index (χ0) is 20.8. The van der Waals surface area contributed by atoms with Gasteiger partial charge in [-0.1, -0.05) is 5.10 Å². The summed E-state index contributed by atoms with van der Waals surface area (Å²) >= 11 is 1.39. The van der Waals surface area contributed by atoms with Gasteiger partial charge in [0.05, 0.1) is 24.8 Å². The molecular weight excluding hydrogens is 404 g/mol. The van der Waals surface area contributed by atoms with Crippen molar-refractivity contribution in [3.63, 3.8) is 0 Å². The number of nitrogens with zero attached hydrogens (tertiary/aromatic N) is 7. The summed E-state index contributed by atoms with van der Waals surface area (Å²) in [6.07, 6.45) is 0. The van der Waals surface area contributed by atoms with E-state index in [1.54, 1.807) is 20.7 Å². The predicted molar refractivity (Wildman–Crippen MR) is 98.7 cm³/mol. The van der Waals surface area contributed by atoms with Crippen molar-refractivity contribution in [2.45, 2.75) is 12.6 Å². The van der Waals surface area contributed by atoms with Gasteiger partial charge in [0.15, 0.2) is 0 Å². The highest BCUT2D eigenvalue weighted by molar-refractivity contribution is 7.07. The van der Waals surface area contributed by atoms with Gasteiger partial charge in [-0.3, -0.25) is 14.4 Å². The van der Waals surface area contributed by atoms with E-state index in [-0.39, 0.29) is 42.7 Å². The van der Waals surface area contributed by atoms with Crippen molar-refractivity contribution in [3.8, 4) is 0 Å². The van der Waals surface area contributed by atoms with Gasteiger partial charge < -0.3 is 25.4 Å². The van der Waals surface area contributed by atoms with E-state index in [0.717, 1.165) is 0 Å². The maximum absolute atomic E-state index is 12.8. The average molecular weight is 424 g/mol. The Labute approximate surface area is 169 Å². The number of hydrogen-bond acceptors (Lipinski definition) is 10. The number of thiazole rings is 1. The van der Waals surface area contributed by atoms with E-state index in [1.807, 2.05) is 0 Å². The molecule has 29 heavy (non-hydrogen) atoms. The van der Waals surface area contributed by atoms with Crippen LogP contribution in [-0.2, 0) is 20.9 Å². The smallest absolute Gasteiger partial charge is 0.290 e. The summed E-state index contributed by atoms with van der Waals surface area (Å²) in [5.74, 6) is -0.123. The summed E-state index contributed by atoms with van der Waals surface area (Å²) in [6, 6.07) is -0.227. The summed E-state index contributed by atoms with van der Waals surface area (Å²) in [4.78, 5) is 41.5. The molecule has 14 heteroatoms. The van der Waals surface area contributed by atoms with E-state index < -0.39 is 0 Å². The van der Waals surface area contributed by atoms with Crippen molar-refractivity contribution in [2.24, 2.45) is 5.92 Å². The number of carboxylic acid groups (broad SMARTS) is 1. The summed E-state index contributed by atoms with van der Waals surface area (Å²) in [5, 5.41) is 19.4. The minimum Gasteiger partial charge on any atom is -0.483 e. The first-order valence-corrected chi connectivity index (χ1v) is 9.62. The van der Waals surface area contributed by atoms with E-state index in [9.17, 15) is 9.59 Å². The molecule has 2 fully saturated rings. The minimum absolute atomic E-state index is 0.0396. The molecule has 4 rings (SSSR count). The maximum Gasteiger partial charge on any atom is 0.290 e. The van der Waals surface area contributed by atoms with E-state index >= 15 is 0 Å². The number of aromatic nitrogens is 5. The van der Waals surface area contributed by atoms with Crippen LogP contribution >= 0.6 is 11.3 Å². The van der Waals surface area contributed by atoms with Gasteiger partial charge in [-0.2, -0.15) is 0 Å². The molecule has 3 N–H and O–H groups in total. The number of tetrazole rings is 1. The Bertz CT molecular complexity index is 844. The zero-order valence-electron chi connectivity index (χ0n) is 15.3. The third-order valence-corrected chi connectivity index (χ3v) is 5.16. The van der Waals surface area contributed by atoms with Crippen molar-refractivity contribution < 1.29 is 24.2 Å². The first-order valence-electron chi connectivity index (χ1n) is 8.67. The van der Waals surface area contributed by atoms with Crippen molar-refractivity contribution in [1.82, 2.24) is 35.0 Å². The largest absolute Gasteiger partial charge is 0.483 e. The number of nitrogens with two attached hydrogens (primary N) is 1. The highest BCUT2D eigenvalue weighted by atomic mass is 32.1. The van der Waals surface area contributed by atoms with Gasteiger partial charge in [0.2, 0.25) is 11.9 Å². The molecule has 13 nitrogen and oxygen atoms in total. The van der Waals surface area contributed by atoms with Gasteiger partial charge in [0, 0.05) is 30.9 Å². The van der Waals surface area contributed by atoms with E-state index in [4.69, 9.17) is 20.4 Å². The third kappa shape index (κ3) is 4.83. The van der Waals surface area contributed by atoms with Crippen LogP contribution in [0.4, 0.5) is 5.95 Å². The molecule has 2 aliphatic heterocycles. The second-order valence-electron chi connectivity index (χ2n) is 6.49. The van der Waals surface area contributed by atoms with Crippen LogP contribution in [0.15, 0.2) is 10.9 Å². The molecule has 4 heterocycles. The fraction of sp³-hybridized carbons (Fsp3) is 0.533. The van der Waals surface area contributed by atoms with Gasteiger partial charge in [0.25, 0.3) is 12.4 Å². The predicted octanol–water partition coefficient (Wildman–Crippen LogP) is -1.59. The van der Waals surface area contributed by atoms with Crippen LogP contribution in [0, 0.1) is 5.92 Å². The van der Waals surface area contributed by atoms with Crippen molar-refractivity contribution in [2.75, 3.05) is 38.6 Å². The van der Waals surface area contributed by atoms with Gasteiger partial charge in [-0.05, 0) is 10.4 Å². The van der Waals surface area contributed by atoms with Gasteiger partial charge in [-0.25, -0.2) is 9.67 Å². The number of nitrogen functional groups attached to an aromatic ring is 1. The molecule has 2 bridgehead atoms. The van der Waals surface area contributed by atoms with Crippen LogP contribution in [0.2, 0.25) is 0 Å². The molecule has 2 aromatic heterocycles. The van der Waals surface area contributed by atoms with Crippen molar-refractivity contribution in [1.29, 1.82) is 0 Å². The quantitative estimate of drug-likeness (QED) is 0.548. The summed E-state index contributed by atoms with van der Waals surface area (Å²) in [7, 11) is 0. The van der Waals surface area contributed by atoms with Crippen molar-refractivity contribution >= 4 is 35.6 Å². The second kappa shape index (κ2) is 9.38. The molecule has 156 valence electrons. The molecule has 0 unspecified atom stereocenters. The Balaban J connectivity index is 0.000000755. The maximum atomic E-state index is 12.8. The molecule has 2 aliphatic rings. The van der Waals surface area contributed by atoms with Gasteiger partial charge in [0.1, 0.15) is 12.2 Å². The van der Waals surface area contributed by atoms with E-state index in [1.165, 1.54) is 16.0 Å². The summed E-state index contributed by atoms with van der Waals surface area (Å²) in [5.41, 5.74) is 7.72. The topological polar surface area (TPSA) is 170 Å². The Hall–Kier alpha value is -3.13. The summed E-state index contributed by atoms with van der Waals surface area (Å²) < 4.78 is 6.96. The van der Waals surface area contributed by atoms with Crippen LogP contribution < -0.4 is 5.73 Å². The third-order valence-electron chi connectivity index (χ3n) is 4.57. The fourth-order valence-electron chi connectivity index (χ4n) is 3.34. The monoisotopic (exact) mass is 424 g/mol. The Morgan fingerprint density at radius 1 is 1.34 bits per heavy atom. The highest BCUT2D eigenvalue weighted by Crippen LogP contribution is 2.22. The van der Waals surface area contributed by atoms with Crippen LogP contribution in [0.25, 0.3) is 0 Å². The lowest BCUT2D eigenvalue weighted by Crippen LogP contribution is -2.48. The first-order chi connectivity index (χ1) is 14.0. The number of fused-ring (bicyclic) bond motifs is 3. The molecule has 2 atom stereocenters. The van der Waals surface area contributed by atoms with Crippen LogP contribution in [0.5, 0.6) is 0 Å². The Morgan fingerprint density at radius 3 is 2.79 bits per heavy atom. The number of amides is 2. The number of carbonyl (C=O) groups is 3. The lowest BCUT2D eigenvalue weighted by atomic mass is 10.1. The van der Waals surface area contributed by atoms with Gasteiger partial charge >= 0.3 is 0 Å². The molecule has 0 spiro atoms. The lowest BCUT2D eigenvalue weighted by Gasteiger charge is -2.31. The molecule has 2 aromatic rings. The van der Waals surface area contributed by atoms with E-state index in [0.29, 0.717) is 38.5 Å². The SMILES string of the molecule is Nc1nnnn1CC(=O)N1C[C@H]2COC[C@@H]1CN(C(=O)c1cscn1)C2.O=CO. The average Bonchev–Trinajstić information content (AvgIpc) is 3.25.